The lowest BCUT2D eigenvalue weighted by molar-refractivity contribution is 0.0927. The molecule has 1 heterocycles. The zero-order chi connectivity index (χ0) is 11.3. The van der Waals surface area contributed by atoms with Gasteiger partial charge in [0.2, 0.25) is 0 Å². The van der Waals surface area contributed by atoms with E-state index in [1.54, 1.807) is 19.3 Å². The molecule has 1 atom stereocenters. The second kappa shape index (κ2) is 5.15. The Bertz CT molecular complexity index is 377. The Morgan fingerprint density at radius 1 is 1.80 bits per heavy atom. The number of nitrogens with one attached hydrogen (secondary N) is 1. The summed E-state index contributed by atoms with van der Waals surface area (Å²) in [6.07, 6.45) is 2.65. The highest BCUT2D eigenvalue weighted by Crippen LogP contribution is 2.01. The van der Waals surface area contributed by atoms with Crippen LogP contribution in [0.15, 0.2) is 12.3 Å². The van der Waals surface area contributed by atoms with E-state index in [4.69, 9.17) is 5.26 Å². The SMILES string of the molecule is CCC(CC#N)NC(=O)c1ccnn1C. The predicted octanol–water partition coefficient (Wildman–Crippen LogP) is 0.842. The van der Waals surface area contributed by atoms with Gasteiger partial charge in [0.15, 0.2) is 0 Å². The van der Waals surface area contributed by atoms with Crippen molar-refractivity contribution in [1.29, 1.82) is 5.26 Å². The smallest absolute Gasteiger partial charge is 0.269 e. The Labute approximate surface area is 88.7 Å². The highest BCUT2D eigenvalue weighted by molar-refractivity contribution is 5.92. The quantitative estimate of drug-likeness (QED) is 0.793. The van der Waals surface area contributed by atoms with Gasteiger partial charge in [-0.2, -0.15) is 10.4 Å². The summed E-state index contributed by atoms with van der Waals surface area (Å²) < 4.78 is 1.51. The topological polar surface area (TPSA) is 70.7 Å². The van der Waals surface area contributed by atoms with Crippen LogP contribution in [0, 0.1) is 11.3 Å². The zero-order valence-corrected chi connectivity index (χ0v) is 8.90. The molecule has 1 amide bonds. The molecule has 0 fully saturated rings. The van der Waals surface area contributed by atoms with Crippen molar-refractivity contribution in [3.05, 3.63) is 18.0 Å². The molecule has 0 aliphatic carbocycles. The summed E-state index contributed by atoms with van der Waals surface area (Å²) >= 11 is 0. The van der Waals surface area contributed by atoms with E-state index < -0.39 is 0 Å². The number of aromatic nitrogens is 2. The Kier molecular flexibility index (Phi) is 3.86. The van der Waals surface area contributed by atoms with Crippen LogP contribution in [0.25, 0.3) is 0 Å². The number of carbonyl (C=O) groups is 1. The number of hydrogen-bond donors (Lipinski definition) is 1. The molecule has 15 heavy (non-hydrogen) atoms. The van der Waals surface area contributed by atoms with E-state index in [9.17, 15) is 4.79 Å². The monoisotopic (exact) mass is 206 g/mol. The van der Waals surface area contributed by atoms with E-state index in [1.165, 1.54) is 4.68 Å². The Morgan fingerprint density at radius 2 is 2.53 bits per heavy atom. The first-order valence-electron chi connectivity index (χ1n) is 4.84. The molecule has 5 nitrogen and oxygen atoms in total. The number of aryl methyl sites for hydroxylation is 1. The first-order valence-corrected chi connectivity index (χ1v) is 4.84. The van der Waals surface area contributed by atoms with Gasteiger partial charge in [-0.3, -0.25) is 9.48 Å². The first kappa shape index (κ1) is 11.2. The van der Waals surface area contributed by atoms with Crippen LogP contribution < -0.4 is 5.32 Å². The van der Waals surface area contributed by atoms with Crippen LogP contribution in [0.4, 0.5) is 0 Å². The van der Waals surface area contributed by atoms with Gasteiger partial charge in [-0.05, 0) is 12.5 Å². The summed E-state index contributed by atoms with van der Waals surface area (Å²) in [5, 5.41) is 15.2. The van der Waals surface area contributed by atoms with Crippen molar-refractivity contribution in [3.63, 3.8) is 0 Å². The second-order valence-corrected chi connectivity index (χ2v) is 3.28. The minimum absolute atomic E-state index is 0.0857. The lowest BCUT2D eigenvalue weighted by atomic mass is 10.1. The Hall–Kier alpha value is -1.83. The van der Waals surface area contributed by atoms with Crippen LogP contribution in [-0.4, -0.2) is 21.7 Å². The Balaban J connectivity index is 2.63. The Morgan fingerprint density at radius 3 is 3.00 bits per heavy atom. The molecule has 1 aromatic heterocycles. The van der Waals surface area contributed by atoms with Crippen molar-refractivity contribution < 1.29 is 4.79 Å². The van der Waals surface area contributed by atoms with Gasteiger partial charge < -0.3 is 5.32 Å². The van der Waals surface area contributed by atoms with Gasteiger partial charge in [0, 0.05) is 19.3 Å². The third-order valence-electron chi connectivity index (χ3n) is 2.22. The van der Waals surface area contributed by atoms with E-state index in [-0.39, 0.29) is 11.9 Å². The third kappa shape index (κ3) is 2.81. The van der Waals surface area contributed by atoms with Gasteiger partial charge >= 0.3 is 0 Å². The molecule has 1 aromatic rings. The van der Waals surface area contributed by atoms with Crippen molar-refractivity contribution in [2.45, 2.75) is 25.8 Å². The van der Waals surface area contributed by atoms with Crippen LogP contribution in [0.3, 0.4) is 0 Å². The number of nitriles is 1. The summed E-state index contributed by atoms with van der Waals surface area (Å²) in [6.45, 7) is 1.94. The van der Waals surface area contributed by atoms with E-state index >= 15 is 0 Å². The standard InChI is InChI=1S/C10H14N4O/c1-3-8(4-6-11)13-10(15)9-5-7-12-14(9)2/h5,7-8H,3-4H2,1-2H3,(H,13,15). The van der Waals surface area contributed by atoms with E-state index in [0.29, 0.717) is 12.1 Å². The van der Waals surface area contributed by atoms with Gasteiger partial charge in [0.1, 0.15) is 5.69 Å². The molecule has 0 spiro atoms. The number of nitrogens with zero attached hydrogens (tertiary/aromatic N) is 3. The average molecular weight is 206 g/mol. The third-order valence-corrected chi connectivity index (χ3v) is 2.22. The average Bonchev–Trinajstić information content (AvgIpc) is 2.63. The van der Waals surface area contributed by atoms with Gasteiger partial charge in [0.05, 0.1) is 12.5 Å². The molecule has 0 bridgehead atoms. The molecule has 1 rings (SSSR count). The number of carbonyl (C=O) groups excluding carboxylic acids is 1. The lowest BCUT2D eigenvalue weighted by Crippen LogP contribution is -2.35. The zero-order valence-electron chi connectivity index (χ0n) is 8.90. The molecule has 80 valence electrons. The molecular formula is C10H14N4O. The van der Waals surface area contributed by atoms with Gasteiger partial charge in [0.25, 0.3) is 5.91 Å². The molecule has 1 N–H and O–H groups in total. The normalized spacial score (nSPS) is 11.8. The second-order valence-electron chi connectivity index (χ2n) is 3.28. The van der Waals surface area contributed by atoms with Crippen molar-refractivity contribution in [2.24, 2.45) is 7.05 Å². The summed E-state index contributed by atoms with van der Waals surface area (Å²) in [5.74, 6) is -0.183. The van der Waals surface area contributed by atoms with Crippen molar-refractivity contribution in [2.75, 3.05) is 0 Å². The highest BCUT2D eigenvalue weighted by Gasteiger charge is 2.14. The van der Waals surface area contributed by atoms with Crippen molar-refractivity contribution in [1.82, 2.24) is 15.1 Å². The maximum atomic E-state index is 11.7. The van der Waals surface area contributed by atoms with Gasteiger partial charge in [-0.25, -0.2) is 0 Å². The van der Waals surface area contributed by atoms with Gasteiger partial charge in [-0.1, -0.05) is 6.92 Å². The molecule has 0 saturated carbocycles. The van der Waals surface area contributed by atoms with Crippen molar-refractivity contribution in [3.8, 4) is 6.07 Å². The molecular weight excluding hydrogens is 192 g/mol. The predicted molar refractivity (Wildman–Crippen MR) is 55.0 cm³/mol. The fourth-order valence-electron chi connectivity index (χ4n) is 1.26. The number of amides is 1. The van der Waals surface area contributed by atoms with E-state index in [2.05, 4.69) is 10.4 Å². The van der Waals surface area contributed by atoms with E-state index in [0.717, 1.165) is 6.42 Å². The fraction of sp³-hybridized carbons (Fsp3) is 0.500. The van der Waals surface area contributed by atoms with Crippen LogP contribution in [-0.2, 0) is 7.05 Å². The first-order chi connectivity index (χ1) is 7.19. The summed E-state index contributed by atoms with van der Waals surface area (Å²) in [6, 6.07) is 3.61. The molecule has 0 aliphatic heterocycles. The maximum Gasteiger partial charge on any atom is 0.269 e. The molecule has 0 radical (unpaired) electrons. The largest absolute Gasteiger partial charge is 0.347 e. The summed E-state index contributed by atoms with van der Waals surface area (Å²) in [4.78, 5) is 11.7. The minimum atomic E-state index is -0.183. The molecule has 0 aromatic carbocycles. The van der Waals surface area contributed by atoms with Gasteiger partial charge in [-0.15, -0.1) is 0 Å². The molecule has 0 saturated heterocycles. The highest BCUT2D eigenvalue weighted by atomic mass is 16.2. The maximum absolute atomic E-state index is 11.7. The minimum Gasteiger partial charge on any atom is -0.347 e. The fourth-order valence-corrected chi connectivity index (χ4v) is 1.26. The van der Waals surface area contributed by atoms with Crippen molar-refractivity contribution >= 4 is 5.91 Å². The van der Waals surface area contributed by atoms with Crippen LogP contribution in [0.2, 0.25) is 0 Å². The molecule has 0 aliphatic rings. The number of rotatable bonds is 4. The molecule has 1 unspecified atom stereocenters. The summed E-state index contributed by atoms with van der Waals surface area (Å²) in [5.41, 5.74) is 0.506. The van der Waals surface area contributed by atoms with Crippen LogP contribution in [0.5, 0.6) is 0 Å². The van der Waals surface area contributed by atoms with Crippen LogP contribution in [0.1, 0.15) is 30.3 Å². The van der Waals surface area contributed by atoms with Crippen LogP contribution >= 0.6 is 0 Å². The molecule has 5 heteroatoms. The number of hydrogen-bond acceptors (Lipinski definition) is 3. The van der Waals surface area contributed by atoms with E-state index in [1.807, 2.05) is 13.0 Å². The lowest BCUT2D eigenvalue weighted by Gasteiger charge is -2.13. The summed E-state index contributed by atoms with van der Waals surface area (Å²) in [7, 11) is 1.71.